The van der Waals surface area contributed by atoms with E-state index >= 15 is 0 Å². The third kappa shape index (κ3) is 2.63. The van der Waals surface area contributed by atoms with Crippen molar-refractivity contribution >= 4 is 44.8 Å². The lowest BCUT2D eigenvalue weighted by Gasteiger charge is -2.07. The van der Waals surface area contributed by atoms with Crippen LogP contribution in [0.25, 0.3) is 0 Å². The lowest BCUT2D eigenvalue weighted by Crippen LogP contribution is -1.98. The molecule has 1 rings (SSSR count). The first-order valence-corrected chi connectivity index (χ1v) is 5.20. The van der Waals surface area contributed by atoms with Crippen molar-refractivity contribution in [1.29, 1.82) is 0 Å². The van der Waals surface area contributed by atoms with E-state index in [1.165, 1.54) is 0 Å². The molecular formula is C9H8BrCl2N. The van der Waals surface area contributed by atoms with Crippen LogP contribution in [0.15, 0.2) is 29.3 Å². The largest absolute Gasteiger partial charge is 0.380 e. The second-order valence-corrected chi connectivity index (χ2v) is 4.00. The fourth-order valence-corrected chi connectivity index (χ4v) is 1.69. The summed E-state index contributed by atoms with van der Waals surface area (Å²) in [5.41, 5.74) is 0.815. The van der Waals surface area contributed by atoms with E-state index in [4.69, 9.17) is 23.2 Å². The van der Waals surface area contributed by atoms with Gasteiger partial charge in [-0.3, -0.25) is 0 Å². The molecule has 0 heterocycles. The Labute approximate surface area is 95.9 Å². The maximum atomic E-state index is 5.98. The molecule has 1 aromatic rings. The zero-order valence-corrected chi connectivity index (χ0v) is 9.88. The molecule has 0 aliphatic carbocycles. The van der Waals surface area contributed by atoms with Gasteiger partial charge in [-0.1, -0.05) is 29.3 Å². The molecule has 0 unspecified atom stereocenters. The summed E-state index contributed by atoms with van der Waals surface area (Å²) in [6, 6.07) is 3.71. The highest BCUT2D eigenvalue weighted by molar-refractivity contribution is 9.10. The summed E-state index contributed by atoms with van der Waals surface area (Å²) in [6.45, 7) is 4.26. The number of rotatable bonds is 3. The minimum Gasteiger partial charge on any atom is -0.380 e. The first-order chi connectivity index (χ1) is 6.16. The van der Waals surface area contributed by atoms with Crippen LogP contribution < -0.4 is 5.32 Å². The highest BCUT2D eigenvalue weighted by atomic mass is 79.9. The van der Waals surface area contributed by atoms with Crippen molar-refractivity contribution in [2.24, 2.45) is 0 Å². The maximum Gasteiger partial charge on any atom is 0.0835 e. The average molecular weight is 281 g/mol. The van der Waals surface area contributed by atoms with Crippen LogP contribution in [0.5, 0.6) is 0 Å². The molecule has 0 radical (unpaired) electrons. The van der Waals surface area contributed by atoms with Gasteiger partial charge in [0.25, 0.3) is 0 Å². The van der Waals surface area contributed by atoms with Gasteiger partial charge in [0.1, 0.15) is 0 Å². The minimum absolute atomic E-state index is 0.524. The van der Waals surface area contributed by atoms with Crippen molar-refractivity contribution in [3.63, 3.8) is 0 Å². The van der Waals surface area contributed by atoms with Crippen molar-refractivity contribution in [2.75, 3.05) is 11.9 Å². The van der Waals surface area contributed by atoms with Crippen LogP contribution in [0.1, 0.15) is 0 Å². The van der Waals surface area contributed by atoms with Crippen LogP contribution in [0.3, 0.4) is 0 Å². The molecule has 0 fully saturated rings. The lowest BCUT2D eigenvalue weighted by molar-refractivity contribution is 1.34. The van der Waals surface area contributed by atoms with E-state index in [0.717, 1.165) is 10.2 Å². The number of halogens is 3. The molecule has 0 bridgehead atoms. The molecule has 0 aromatic heterocycles. The van der Waals surface area contributed by atoms with Gasteiger partial charge in [-0.2, -0.15) is 0 Å². The Hall–Kier alpha value is -0.180. The van der Waals surface area contributed by atoms with Gasteiger partial charge in [0.2, 0.25) is 0 Å². The van der Waals surface area contributed by atoms with Crippen molar-refractivity contribution in [3.05, 3.63) is 39.3 Å². The summed E-state index contributed by atoms with van der Waals surface area (Å²) in [5.74, 6) is 0. The van der Waals surface area contributed by atoms with E-state index in [-0.39, 0.29) is 0 Å². The third-order valence-corrected chi connectivity index (χ3v) is 3.24. The van der Waals surface area contributed by atoms with Crippen molar-refractivity contribution in [1.82, 2.24) is 0 Å². The molecule has 0 aliphatic heterocycles. The Balaban J connectivity index is 2.96. The van der Waals surface area contributed by atoms with Gasteiger partial charge in [-0.05, 0) is 28.1 Å². The van der Waals surface area contributed by atoms with Crippen molar-refractivity contribution < 1.29 is 0 Å². The average Bonchev–Trinajstić information content (AvgIpc) is 2.13. The van der Waals surface area contributed by atoms with Gasteiger partial charge in [0.05, 0.1) is 15.7 Å². The maximum absolute atomic E-state index is 5.98. The molecule has 0 atom stereocenters. The second kappa shape index (κ2) is 4.89. The highest BCUT2D eigenvalue weighted by Gasteiger charge is 2.06. The molecule has 1 nitrogen and oxygen atoms in total. The van der Waals surface area contributed by atoms with Crippen LogP contribution in [0.2, 0.25) is 10.0 Å². The minimum atomic E-state index is 0.524. The molecule has 0 saturated heterocycles. The zero-order chi connectivity index (χ0) is 9.84. The predicted octanol–water partition coefficient (Wildman–Crippen LogP) is 4.35. The standard InChI is InChI=1S/C9H8BrCl2N/c1-2-5-13-7-4-3-6(10)8(11)9(7)12/h2-4,13H,1,5H2. The van der Waals surface area contributed by atoms with Gasteiger partial charge < -0.3 is 5.32 Å². The number of hydrogen-bond acceptors (Lipinski definition) is 1. The number of nitrogens with one attached hydrogen (secondary N) is 1. The molecular weight excluding hydrogens is 273 g/mol. The SMILES string of the molecule is C=CCNc1ccc(Br)c(Cl)c1Cl. The Morgan fingerprint density at radius 3 is 2.69 bits per heavy atom. The first-order valence-electron chi connectivity index (χ1n) is 3.65. The first kappa shape index (κ1) is 10.9. The second-order valence-electron chi connectivity index (χ2n) is 2.39. The van der Waals surface area contributed by atoms with Crippen molar-refractivity contribution in [2.45, 2.75) is 0 Å². The Bertz CT molecular complexity index is 326. The normalized spacial score (nSPS) is 9.77. The van der Waals surface area contributed by atoms with Gasteiger partial charge in [-0.25, -0.2) is 0 Å². The zero-order valence-electron chi connectivity index (χ0n) is 6.78. The molecule has 0 amide bonds. The Morgan fingerprint density at radius 2 is 2.08 bits per heavy atom. The van der Waals surface area contributed by atoms with E-state index < -0.39 is 0 Å². The molecule has 1 N–H and O–H groups in total. The summed E-state index contributed by atoms with van der Waals surface area (Å²) in [5, 5.41) is 4.13. The number of hydrogen-bond donors (Lipinski definition) is 1. The highest BCUT2D eigenvalue weighted by Crippen LogP contribution is 2.35. The van der Waals surface area contributed by atoms with Crippen LogP contribution in [0.4, 0.5) is 5.69 Å². The lowest BCUT2D eigenvalue weighted by atomic mass is 10.3. The monoisotopic (exact) mass is 279 g/mol. The van der Waals surface area contributed by atoms with Gasteiger partial charge >= 0.3 is 0 Å². The van der Waals surface area contributed by atoms with Gasteiger partial charge in [0.15, 0.2) is 0 Å². The summed E-state index contributed by atoms with van der Waals surface area (Å²) in [4.78, 5) is 0. The van der Waals surface area contributed by atoms with Crippen LogP contribution in [0, 0.1) is 0 Å². The summed E-state index contributed by atoms with van der Waals surface area (Å²) >= 11 is 15.2. The molecule has 0 spiro atoms. The fraction of sp³-hybridized carbons (Fsp3) is 0.111. The smallest absolute Gasteiger partial charge is 0.0835 e. The quantitative estimate of drug-likeness (QED) is 0.641. The summed E-state index contributed by atoms with van der Waals surface area (Å²) in [6.07, 6.45) is 1.76. The van der Waals surface area contributed by atoms with E-state index in [9.17, 15) is 0 Å². The number of anilines is 1. The van der Waals surface area contributed by atoms with Crippen LogP contribution in [-0.4, -0.2) is 6.54 Å². The van der Waals surface area contributed by atoms with Crippen LogP contribution in [-0.2, 0) is 0 Å². The summed E-state index contributed by atoms with van der Waals surface area (Å²) in [7, 11) is 0. The van der Waals surface area contributed by atoms with E-state index in [2.05, 4.69) is 27.8 Å². The molecule has 4 heteroatoms. The topological polar surface area (TPSA) is 12.0 Å². The van der Waals surface area contributed by atoms with E-state index in [0.29, 0.717) is 16.6 Å². The molecule has 1 aromatic carbocycles. The van der Waals surface area contributed by atoms with Crippen LogP contribution >= 0.6 is 39.1 Å². The van der Waals surface area contributed by atoms with E-state index in [1.54, 1.807) is 6.08 Å². The summed E-state index contributed by atoms with van der Waals surface area (Å²) < 4.78 is 0.795. The molecule has 0 saturated carbocycles. The molecule has 70 valence electrons. The third-order valence-electron chi connectivity index (χ3n) is 1.47. The molecule has 0 aliphatic rings. The molecule has 13 heavy (non-hydrogen) atoms. The predicted molar refractivity (Wildman–Crippen MR) is 62.8 cm³/mol. The van der Waals surface area contributed by atoms with Gasteiger partial charge in [-0.15, -0.1) is 6.58 Å². The van der Waals surface area contributed by atoms with Gasteiger partial charge in [0, 0.05) is 11.0 Å². The Morgan fingerprint density at radius 1 is 1.38 bits per heavy atom. The van der Waals surface area contributed by atoms with E-state index in [1.807, 2.05) is 12.1 Å². The Kier molecular flexibility index (Phi) is 4.10. The number of benzene rings is 1. The van der Waals surface area contributed by atoms with Crippen molar-refractivity contribution in [3.8, 4) is 0 Å². The fourth-order valence-electron chi connectivity index (χ4n) is 0.845.